The van der Waals surface area contributed by atoms with Gasteiger partial charge in [-0.15, -0.1) is 0 Å². The van der Waals surface area contributed by atoms with Crippen LogP contribution in [0.15, 0.2) is 42.9 Å². The molecule has 3 heterocycles. The van der Waals surface area contributed by atoms with Crippen LogP contribution in [0.2, 0.25) is 0 Å². The minimum atomic E-state index is -0.624. The number of anilines is 1. The zero-order valence-corrected chi connectivity index (χ0v) is 17.3. The predicted octanol–water partition coefficient (Wildman–Crippen LogP) is 3.76. The van der Waals surface area contributed by atoms with Crippen molar-refractivity contribution in [3.05, 3.63) is 48.5 Å². The summed E-state index contributed by atoms with van der Waals surface area (Å²) in [6, 6.07) is 6.27. The maximum Gasteiger partial charge on any atom is 0.327 e. The largest absolute Gasteiger partial charge is 0.455 e. The summed E-state index contributed by atoms with van der Waals surface area (Å²) in [6.45, 7) is 7.98. The molecule has 0 aliphatic heterocycles. The molecule has 0 aromatic carbocycles. The van der Waals surface area contributed by atoms with Crippen molar-refractivity contribution in [2.45, 2.75) is 34.2 Å². The van der Waals surface area contributed by atoms with Gasteiger partial charge >= 0.3 is 6.03 Å². The Morgan fingerprint density at radius 3 is 2.70 bits per heavy atom. The van der Waals surface area contributed by atoms with E-state index in [2.05, 4.69) is 25.7 Å². The highest BCUT2D eigenvalue weighted by molar-refractivity contribution is 6.01. The van der Waals surface area contributed by atoms with E-state index in [1.54, 1.807) is 51.4 Å². The molecule has 0 aliphatic carbocycles. The van der Waals surface area contributed by atoms with Gasteiger partial charge in [-0.2, -0.15) is 5.10 Å². The molecule has 0 aliphatic rings. The summed E-state index contributed by atoms with van der Waals surface area (Å²) in [5, 5.41) is 9.06. The Labute approximate surface area is 174 Å². The van der Waals surface area contributed by atoms with E-state index in [1.165, 1.54) is 0 Å². The van der Waals surface area contributed by atoms with Crippen molar-refractivity contribution in [1.82, 2.24) is 25.1 Å². The molecule has 3 aromatic heterocycles. The van der Waals surface area contributed by atoms with Crippen molar-refractivity contribution < 1.29 is 14.3 Å². The van der Waals surface area contributed by atoms with Gasteiger partial charge in [0.2, 0.25) is 5.91 Å². The lowest BCUT2D eigenvalue weighted by Gasteiger charge is -2.11. The highest BCUT2D eigenvalue weighted by Gasteiger charge is 2.13. The van der Waals surface area contributed by atoms with Crippen molar-refractivity contribution in [1.29, 1.82) is 0 Å². The van der Waals surface area contributed by atoms with Crippen LogP contribution < -0.4 is 15.4 Å². The average molecular weight is 408 g/mol. The normalized spacial score (nSPS) is 10.7. The average Bonchev–Trinajstić information content (AvgIpc) is 3.19. The summed E-state index contributed by atoms with van der Waals surface area (Å²) in [7, 11) is 0. The van der Waals surface area contributed by atoms with Gasteiger partial charge in [-0.1, -0.05) is 13.8 Å². The fourth-order valence-electron chi connectivity index (χ4n) is 2.56. The molecule has 0 atom stereocenters. The maximum atomic E-state index is 11.9. The lowest BCUT2D eigenvalue weighted by atomic mass is 10.2. The van der Waals surface area contributed by atoms with Crippen molar-refractivity contribution >= 4 is 17.8 Å². The lowest BCUT2D eigenvalue weighted by Crippen LogP contribution is -2.37. The van der Waals surface area contributed by atoms with Crippen LogP contribution in [-0.4, -0.2) is 31.7 Å². The molecular formula is C21H24N6O3. The van der Waals surface area contributed by atoms with E-state index in [0.29, 0.717) is 23.0 Å². The molecular weight excluding hydrogens is 384 g/mol. The molecule has 0 bridgehead atoms. The van der Waals surface area contributed by atoms with Crippen LogP contribution >= 0.6 is 0 Å². The molecule has 9 nitrogen and oxygen atoms in total. The molecule has 0 fully saturated rings. The maximum absolute atomic E-state index is 11.9. The number of aryl methyl sites for hydroxylation is 2. The summed E-state index contributed by atoms with van der Waals surface area (Å²) < 4.78 is 7.78. The third-order valence-electron chi connectivity index (χ3n) is 4.25. The van der Waals surface area contributed by atoms with Crippen LogP contribution in [-0.2, 0) is 11.3 Å². The SMILES string of the molecule is CCn1cc(-c2cc(Oc3ccc(NC(=O)NC(=O)C(C)C)nc3C)ccn2)cn1. The number of hydrogen-bond acceptors (Lipinski definition) is 6. The molecule has 3 aromatic rings. The zero-order valence-electron chi connectivity index (χ0n) is 17.3. The van der Waals surface area contributed by atoms with E-state index in [4.69, 9.17) is 4.74 Å². The first-order valence-electron chi connectivity index (χ1n) is 9.62. The highest BCUT2D eigenvalue weighted by atomic mass is 16.5. The number of aromatic nitrogens is 4. The molecule has 0 spiro atoms. The van der Waals surface area contributed by atoms with Crippen LogP contribution in [0.4, 0.5) is 10.6 Å². The zero-order chi connectivity index (χ0) is 21.7. The summed E-state index contributed by atoms with van der Waals surface area (Å²) in [5.41, 5.74) is 2.24. The number of rotatable bonds is 6. The topological polar surface area (TPSA) is 111 Å². The van der Waals surface area contributed by atoms with E-state index in [9.17, 15) is 9.59 Å². The Morgan fingerprint density at radius 1 is 1.23 bits per heavy atom. The van der Waals surface area contributed by atoms with Crippen molar-refractivity contribution in [3.8, 4) is 22.8 Å². The molecule has 0 radical (unpaired) electrons. The van der Waals surface area contributed by atoms with Gasteiger partial charge in [0.1, 0.15) is 17.3 Å². The number of urea groups is 1. The number of carbonyl (C=O) groups is 2. The molecule has 0 saturated carbocycles. The lowest BCUT2D eigenvalue weighted by molar-refractivity contribution is -0.122. The molecule has 2 N–H and O–H groups in total. The number of hydrogen-bond donors (Lipinski definition) is 2. The van der Waals surface area contributed by atoms with Gasteiger partial charge in [0.05, 0.1) is 17.6 Å². The first-order valence-corrected chi connectivity index (χ1v) is 9.62. The Hall–Kier alpha value is -3.75. The van der Waals surface area contributed by atoms with Gasteiger partial charge in [-0.3, -0.25) is 25.1 Å². The number of carbonyl (C=O) groups excluding carboxylic acids is 2. The molecule has 30 heavy (non-hydrogen) atoms. The summed E-state index contributed by atoms with van der Waals surface area (Å²) in [6.07, 6.45) is 5.36. The minimum absolute atomic E-state index is 0.289. The molecule has 0 saturated heterocycles. The van der Waals surface area contributed by atoms with E-state index in [1.807, 2.05) is 23.9 Å². The first-order chi connectivity index (χ1) is 14.4. The summed E-state index contributed by atoms with van der Waals surface area (Å²) in [4.78, 5) is 32.2. The molecule has 9 heteroatoms. The standard InChI is InChI=1S/C21H24N6O3/c1-5-27-12-15(11-23-27)17-10-16(8-9-22-17)30-18-6-7-19(24-14(18)4)25-21(29)26-20(28)13(2)3/h6-13H,5H2,1-4H3,(H2,24,25,26,28,29). The van der Waals surface area contributed by atoms with Crippen LogP contribution in [0, 0.1) is 12.8 Å². The highest BCUT2D eigenvalue weighted by Crippen LogP contribution is 2.27. The fourth-order valence-corrected chi connectivity index (χ4v) is 2.56. The number of nitrogens with zero attached hydrogens (tertiary/aromatic N) is 4. The van der Waals surface area contributed by atoms with Crippen molar-refractivity contribution in [2.75, 3.05) is 5.32 Å². The third-order valence-corrected chi connectivity index (χ3v) is 4.25. The van der Waals surface area contributed by atoms with E-state index in [0.717, 1.165) is 17.8 Å². The number of pyridine rings is 2. The Bertz CT molecular complexity index is 1060. The third kappa shape index (κ3) is 5.19. The first kappa shape index (κ1) is 21.0. The second-order valence-corrected chi connectivity index (χ2v) is 6.94. The Kier molecular flexibility index (Phi) is 6.41. The van der Waals surface area contributed by atoms with E-state index in [-0.39, 0.29) is 11.8 Å². The van der Waals surface area contributed by atoms with Crippen molar-refractivity contribution in [3.63, 3.8) is 0 Å². The fraction of sp³-hybridized carbons (Fsp3) is 0.286. The number of amides is 3. The van der Waals surface area contributed by atoms with Gasteiger partial charge in [0.15, 0.2) is 0 Å². The van der Waals surface area contributed by atoms with Gasteiger partial charge in [-0.25, -0.2) is 9.78 Å². The van der Waals surface area contributed by atoms with Crippen LogP contribution in [0.5, 0.6) is 11.5 Å². The van der Waals surface area contributed by atoms with Gasteiger partial charge in [0.25, 0.3) is 0 Å². The Morgan fingerprint density at radius 2 is 2.03 bits per heavy atom. The van der Waals surface area contributed by atoms with Crippen LogP contribution in [0.3, 0.4) is 0 Å². The summed E-state index contributed by atoms with van der Waals surface area (Å²) in [5.74, 6) is 0.817. The molecule has 156 valence electrons. The predicted molar refractivity (Wildman–Crippen MR) is 112 cm³/mol. The van der Waals surface area contributed by atoms with Crippen molar-refractivity contribution in [2.24, 2.45) is 5.92 Å². The van der Waals surface area contributed by atoms with E-state index < -0.39 is 6.03 Å². The number of nitrogens with one attached hydrogen (secondary N) is 2. The van der Waals surface area contributed by atoms with Crippen LogP contribution in [0.1, 0.15) is 26.5 Å². The van der Waals surface area contributed by atoms with Gasteiger partial charge < -0.3 is 4.74 Å². The quantitative estimate of drug-likeness (QED) is 0.642. The van der Waals surface area contributed by atoms with Gasteiger partial charge in [-0.05, 0) is 32.0 Å². The molecule has 3 rings (SSSR count). The number of imide groups is 1. The monoisotopic (exact) mass is 408 g/mol. The minimum Gasteiger partial charge on any atom is -0.455 e. The number of ether oxygens (including phenoxy) is 1. The Balaban J connectivity index is 1.69. The molecule has 0 unspecified atom stereocenters. The second-order valence-electron chi connectivity index (χ2n) is 6.94. The second kappa shape index (κ2) is 9.17. The van der Waals surface area contributed by atoms with E-state index >= 15 is 0 Å². The molecule has 3 amide bonds. The summed E-state index contributed by atoms with van der Waals surface area (Å²) >= 11 is 0. The smallest absolute Gasteiger partial charge is 0.327 e. The van der Waals surface area contributed by atoms with Gasteiger partial charge in [0, 0.05) is 36.5 Å². The van der Waals surface area contributed by atoms with Crippen LogP contribution in [0.25, 0.3) is 11.3 Å².